The maximum Gasteiger partial charge on any atom is 0.169 e. The second kappa shape index (κ2) is 39.7. The van der Waals surface area contributed by atoms with E-state index >= 15 is 0 Å². The Hall–Kier alpha value is -11.9. The van der Waals surface area contributed by atoms with Gasteiger partial charge in [0.05, 0.1) is 32.7 Å². The topological polar surface area (TPSA) is 0 Å². The highest BCUT2D eigenvalue weighted by Gasteiger charge is 2.33. The average Bonchev–Trinajstić information content (AvgIpc) is 0.788. The Balaban J connectivity index is 0.000000134. The molecule has 582 valence electrons. The van der Waals surface area contributed by atoms with Crippen molar-refractivity contribution in [3.63, 3.8) is 0 Å². The van der Waals surface area contributed by atoms with Gasteiger partial charge in [-0.15, -0.1) is 0 Å². The Morgan fingerprint density at radius 2 is 0.442 bits per heavy atom. The minimum absolute atomic E-state index is 0.174. The third kappa shape index (κ3) is 20.7. The fourth-order valence-electron chi connectivity index (χ4n) is 15.0. The molecule has 0 N–H and O–H groups in total. The molecule has 0 aliphatic carbocycles. The minimum Gasteiger partial charge on any atom is -0.0901 e. The van der Waals surface area contributed by atoms with Crippen molar-refractivity contribution in [3.05, 3.63) is 488 Å². The summed E-state index contributed by atoms with van der Waals surface area (Å²) in [5.41, 5.74) is 23.0. The molecule has 0 aliphatic rings. The third-order valence-corrected chi connectivity index (χ3v) is 31.1. The normalized spacial score (nSPS) is 11.8. The number of aryl methyl sites for hydroxylation is 6. The van der Waals surface area contributed by atoms with Gasteiger partial charge in [0.2, 0.25) is 0 Å². The molecule has 0 radical (unpaired) electrons. The van der Waals surface area contributed by atoms with Crippen molar-refractivity contribution in [2.75, 3.05) is 0 Å². The van der Waals surface area contributed by atoms with E-state index in [1.165, 1.54) is 174 Å². The third-order valence-electron chi connectivity index (χ3n) is 21.0. The molecule has 0 saturated carbocycles. The highest BCUT2D eigenvalue weighted by molar-refractivity contribution is 8.00. The van der Waals surface area contributed by atoms with Gasteiger partial charge >= 0.3 is 0 Å². The van der Waals surface area contributed by atoms with Crippen LogP contribution in [0.5, 0.6) is 0 Å². The van der Waals surface area contributed by atoms with Crippen molar-refractivity contribution in [1.29, 1.82) is 0 Å². The molecule has 3 unspecified atom stereocenters. The molecule has 0 aliphatic heterocycles. The fourth-order valence-corrected chi connectivity index (χ4v) is 24.0. The highest BCUT2D eigenvalue weighted by atomic mass is 32.2. The van der Waals surface area contributed by atoms with Crippen LogP contribution < -0.4 is 0 Å². The SMILES string of the molecule is Cc1cc(-c2ccccc2)ccc1Sc1ccc([S+](c2ccccc2)c2ccc(-c3ccccc3)cc2C)cc1.Cc1cc(Sc2ccc([S+](c3ccccc3)c3ccc(-c4ccccc4)c(C)c3)cc2)ccc1-c1ccccc1.Cc1cccc(-c2ccc(Sc3ccc([S+](c4ccccc4)c4ccc(-c5cccc(C)c5)cc4)cc3)cc2)c1. The first kappa shape index (κ1) is 81.8. The van der Waals surface area contributed by atoms with E-state index in [1.54, 1.807) is 0 Å². The molecule has 0 bridgehead atoms. The zero-order valence-corrected chi connectivity index (χ0v) is 73.1. The van der Waals surface area contributed by atoms with E-state index in [4.69, 9.17) is 0 Å². The van der Waals surface area contributed by atoms with E-state index in [2.05, 4.69) is 497 Å². The minimum atomic E-state index is -0.184. The Kier molecular flexibility index (Phi) is 27.1. The summed E-state index contributed by atoms with van der Waals surface area (Å²) in [6.07, 6.45) is 0. The lowest BCUT2D eigenvalue weighted by Gasteiger charge is -2.13. The second-order valence-corrected chi connectivity index (χ2v) is 39.2. The van der Waals surface area contributed by atoms with Crippen molar-refractivity contribution in [2.24, 2.45) is 0 Å². The molecule has 3 atom stereocenters. The number of rotatable bonds is 21. The molecular formula is C114H93S6+3. The molecule has 0 amide bonds. The van der Waals surface area contributed by atoms with Crippen LogP contribution in [0.25, 0.3) is 66.8 Å². The molecule has 0 spiro atoms. The van der Waals surface area contributed by atoms with E-state index in [9.17, 15) is 0 Å². The molecule has 0 aromatic heterocycles. The predicted molar refractivity (Wildman–Crippen MR) is 517 cm³/mol. The van der Waals surface area contributed by atoms with E-state index in [0.717, 1.165) is 0 Å². The quantitative estimate of drug-likeness (QED) is 0.0658. The number of hydrogen-bond donors (Lipinski definition) is 0. The lowest BCUT2D eigenvalue weighted by Crippen LogP contribution is -2.06. The Morgan fingerprint density at radius 1 is 0.158 bits per heavy atom. The summed E-state index contributed by atoms with van der Waals surface area (Å²) in [6.45, 7) is 13.2. The summed E-state index contributed by atoms with van der Waals surface area (Å²) in [5.74, 6) is 0. The van der Waals surface area contributed by atoms with Crippen LogP contribution in [0.3, 0.4) is 0 Å². The maximum absolute atomic E-state index is 2.37. The Morgan fingerprint density at radius 3 is 0.858 bits per heavy atom. The largest absolute Gasteiger partial charge is 0.169 e. The second-order valence-electron chi connectivity index (χ2n) is 29.7. The van der Waals surface area contributed by atoms with Crippen LogP contribution in [-0.2, 0) is 32.7 Å². The van der Waals surface area contributed by atoms with Crippen molar-refractivity contribution < 1.29 is 0 Å². The summed E-state index contributed by atoms with van der Waals surface area (Å²) in [5, 5.41) is 0. The van der Waals surface area contributed by atoms with Crippen LogP contribution in [0.1, 0.15) is 33.4 Å². The standard InChI is InChI=1S/3C38H31S2/c1-28-26-32(30-12-6-3-7-13-30)18-24-37(28)39-34-20-22-36(23-21-34)40(35-16-10-5-11-17-35)38-25-19-33(27-29(38)2)31-14-8-4-9-15-31;1-28-26-33(20-24-37(28)30-12-6-3-7-13-30)39-32-18-21-35(22-19-32)40(34-16-10-5-11-17-34)36-23-25-38(29(2)27-36)31-14-8-4-9-15-31;1-28-8-6-10-32(26-28)30-14-18-34(19-15-30)39-35-20-24-38(25-21-35)40(36-12-4-3-5-13-36)37-22-16-31(17-23-37)33-11-7-9-29(2)27-33/h3*3-27H,1-2H3/q3*+1. The van der Waals surface area contributed by atoms with Gasteiger partial charge in [-0.1, -0.05) is 301 Å². The molecule has 0 fully saturated rings. The molecular weight excluding hydrogens is 1560 g/mol. The molecule has 18 aromatic carbocycles. The van der Waals surface area contributed by atoms with Crippen LogP contribution >= 0.6 is 35.3 Å². The van der Waals surface area contributed by atoms with E-state index < -0.39 is 0 Å². The zero-order chi connectivity index (χ0) is 81.9. The van der Waals surface area contributed by atoms with Gasteiger partial charge in [0, 0.05) is 34.9 Å². The van der Waals surface area contributed by atoms with E-state index in [-0.39, 0.29) is 32.7 Å². The van der Waals surface area contributed by atoms with E-state index in [1.807, 2.05) is 35.3 Å². The van der Waals surface area contributed by atoms with Crippen molar-refractivity contribution >= 4 is 68.0 Å². The van der Waals surface area contributed by atoms with Gasteiger partial charge in [0.1, 0.15) is 0 Å². The maximum atomic E-state index is 2.37. The van der Waals surface area contributed by atoms with Gasteiger partial charge in [-0.2, -0.15) is 0 Å². The van der Waals surface area contributed by atoms with Gasteiger partial charge in [0.15, 0.2) is 44.1 Å². The van der Waals surface area contributed by atoms with Gasteiger partial charge in [-0.05, 0) is 325 Å². The van der Waals surface area contributed by atoms with Gasteiger partial charge in [0.25, 0.3) is 0 Å². The summed E-state index contributed by atoms with van der Waals surface area (Å²) in [7, 11) is -0.539. The number of hydrogen-bond acceptors (Lipinski definition) is 3. The van der Waals surface area contributed by atoms with E-state index in [0.29, 0.717) is 0 Å². The zero-order valence-electron chi connectivity index (χ0n) is 68.3. The lowest BCUT2D eigenvalue weighted by molar-refractivity contribution is 1.24. The van der Waals surface area contributed by atoms with Crippen LogP contribution in [0.2, 0.25) is 0 Å². The molecule has 120 heavy (non-hydrogen) atoms. The van der Waals surface area contributed by atoms with Crippen molar-refractivity contribution in [3.8, 4) is 66.8 Å². The molecule has 18 aromatic rings. The molecule has 18 rings (SSSR count). The van der Waals surface area contributed by atoms with Crippen LogP contribution in [0, 0.1) is 41.5 Å². The first-order valence-electron chi connectivity index (χ1n) is 40.6. The Bertz CT molecular complexity index is 6370. The molecule has 6 heteroatoms. The van der Waals surface area contributed by atoms with Crippen LogP contribution in [0.15, 0.2) is 528 Å². The van der Waals surface area contributed by atoms with Gasteiger partial charge < -0.3 is 0 Å². The lowest BCUT2D eigenvalue weighted by atomic mass is 10.0. The smallest absolute Gasteiger partial charge is 0.0901 e. The molecule has 0 heterocycles. The van der Waals surface area contributed by atoms with Crippen molar-refractivity contribution in [1.82, 2.24) is 0 Å². The van der Waals surface area contributed by atoms with Crippen molar-refractivity contribution in [2.45, 2.75) is 115 Å². The van der Waals surface area contributed by atoms with Crippen LogP contribution in [0.4, 0.5) is 0 Å². The first-order valence-corrected chi connectivity index (χ1v) is 46.8. The Labute approximate surface area is 731 Å². The summed E-state index contributed by atoms with van der Waals surface area (Å²) < 4.78 is 0. The number of benzene rings is 18. The van der Waals surface area contributed by atoms with Gasteiger partial charge in [-0.25, -0.2) is 0 Å². The summed E-state index contributed by atoms with van der Waals surface area (Å²) in [4.78, 5) is 19.6. The predicted octanol–water partition coefficient (Wildman–Crippen LogP) is 32.7. The summed E-state index contributed by atoms with van der Waals surface area (Å²) >= 11 is 5.47. The monoisotopic (exact) mass is 1650 g/mol. The molecule has 0 nitrogen and oxygen atoms in total. The highest BCUT2D eigenvalue weighted by Crippen LogP contribution is 2.43. The van der Waals surface area contributed by atoms with Gasteiger partial charge in [-0.3, -0.25) is 0 Å². The summed E-state index contributed by atoms with van der Waals surface area (Å²) in [6, 6.07) is 165. The first-order chi connectivity index (χ1) is 58.9. The average molecular weight is 1660 g/mol. The fraction of sp³-hybridized carbons (Fsp3) is 0.0526. The molecule has 0 saturated heterocycles. The van der Waals surface area contributed by atoms with Crippen LogP contribution in [-0.4, -0.2) is 0 Å².